The number of aryl methyl sites for hydroxylation is 1. The van der Waals surface area contributed by atoms with Crippen molar-refractivity contribution < 1.29 is 13.2 Å². The lowest BCUT2D eigenvalue weighted by molar-refractivity contribution is -0.113. The van der Waals surface area contributed by atoms with Crippen molar-refractivity contribution in [1.29, 1.82) is 0 Å². The van der Waals surface area contributed by atoms with E-state index in [0.29, 0.717) is 5.69 Å². The van der Waals surface area contributed by atoms with E-state index in [4.69, 9.17) is 0 Å². The summed E-state index contributed by atoms with van der Waals surface area (Å²) >= 11 is 0. The van der Waals surface area contributed by atoms with Crippen LogP contribution < -0.4 is 5.32 Å². The molecule has 0 aliphatic rings. The first-order valence-electron chi connectivity index (χ1n) is 5.00. The molecule has 0 aliphatic carbocycles. The minimum atomic E-state index is -3.26. The van der Waals surface area contributed by atoms with E-state index in [1.54, 1.807) is 12.1 Å². The monoisotopic (exact) mass is 241 g/mol. The highest BCUT2D eigenvalue weighted by atomic mass is 32.2. The number of para-hydroxylation sites is 1. The van der Waals surface area contributed by atoms with E-state index in [1.165, 1.54) is 6.92 Å². The van der Waals surface area contributed by atoms with Crippen LogP contribution in [0.4, 0.5) is 5.69 Å². The molecule has 16 heavy (non-hydrogen) atoms. The first-order valence-corrected chi connectivity index (χ1v) is 6.82. The van der Waals surface area contributed by atoms with Crippen LogP contribution in [-0.2, 0) is 14.6 Å². The molecule has 0 aliphatic heterocycles. The largest absolute Gasteiger partial charge is 0.325 e. The zero-order valence-corrected chi connectivity index (χ0v) is 10.2. The lowest BCUT2D eigenvalue weighted by atomic mass is 10.2. The summed E-state index contributed by atoms with van der Waals surface area (Å²) in [5, 5.41) is 2.58. The van der Waals surface area contributed by atoms with Crippen LogP contribution in [0.2, 0.25) is 0 Å². The van der Waals surface area contributed by atoms with Crippen LogP contribution in [0.15, 0.2) is 24.3 Å². The fraction of sp³-hybridized carbons (Fsp3) is 0.364. The second-order valence-electron chi connectivity index (χ2n) is 3.54. The summed E-state index contributed by atoms with van der Waals surface area (Å²) in [5.41, 5.74) is 1.56. The van der Waals surface area contributed by atoms with E-state index in [2.05, 4.69) is 5.32 Å². The van der Waals surface area contributed by atoms with Gasteiger partial charge in [-0.2, -0.15) is 0 Å². The Morgan fingerprint density at radius 1 is 1.31 bits per heavy atom. The summed E-state index contributed by atoms with van der Waals surface area (Å²) in [6, 6.07) is 7.24. The molecular formula is C11H15NO3S. The highest BCUT2D eigenvalue weighted by Crippen LogP contribution is 2.12. The Balaban J connectivity index is 2.70. The zero-order chi connectivity index (χ0) is 12.2. The summed E-state index contributed by atoms with van der Waals surface area (Å²) in [4.78, 5) is 11.4. The Hall–Kier alpha value is -1.36. The molecule has 1 N–H and O–H groups in total. The van der Waals surface area contributed by atoms with Gasteiger partial charge in [-0.1, -0.05) is 25.1 Å². The van der Waals surface area contributed by atoms with Crippen molar-refractivity contribution in [2.75, 3.05) is 16.8 Å². The number of rotatable bonds is 4. The summed E-state index contributed by atoms with van der Waals surface area (Å²) < 4.78 is 22.4. The van der Waals surface area contributed by atoms with E-state index in [1.807, 2.05) is 19.1 Å². The van der Waals surface area contributed by atoms with Gasteiger partial charge in [0.15, 0.2) is 9.84 Å². The fourth-order valence-electron chi connectivity index (χ4n) is 1.20. The summed E-state index contributed by atoms with van der Waals surface area (Å²) in [7, 11) is -3.26. The molecule has 1 rings (SSSR count). The molecule has 0 atom stereocenters. The number of hydrogen-bond acceptors (Lipinski definition) is 3. The van der Waals surface area contributed by atoms with E-state index in [9.17, 15) is 13.2 Å². The first kappa shape index (κ1) is 12.7. The minimum absolute atomic E-state index is 0.0197. The van der Waals surface area contributed by atoms with Gasteiger partial charge in [-0.15, -0.1) is 0 Å². The standard InChI is InChI=1S/C11H15NO3S/c1-3-16(14,15)8-11(13)12-10-7-5-4-6-9(10)2/h4-7H,3,8H2,1-2H3,(H,12,13). The second kappa shape index (κ2) is 5.12. The van der Waals surface area contributed by atoms with Gasteiger partial charge in [0.25, 0.3) is 0 Å². The molecule has 0 bridgehead atoms. The number of nitrogens with one attached hydrogen (secondary N) is 1. The molecule has 1 amide bonds. The Labute approximate surface area is 95.6 Å². The molecule has 0 heterocycles. The molecule has 88 valence electrons. The number of hydrogen-bond donors (Lipinski definition) is 1. The summed E-state index contributed by atoms with van der Waals surface area (Å²) in [6.07, 6.45) is 0. The molecule has 0 radical (unpaired) electrons. The average molecular weight is 241 g/mol. The lowest BCUT2D eigenvalue weighted by Crippen LogP contribution is -2.24. The quantitative estimate of drug-likeness (QED) is 0.866. The number of benzene rings is 1. The van der Waals surface area contributed by atoms with Gasteiger partial charge in [0, 0.05) is 11.4 Å². The van der Waals surface area contributed by atoms with Crippen molar-refractivity contribution in [3.05, 3.63) is 29.8 Å². The summed E-state index contributed by atoms with van der Waals surface area (Å²) in [5.74, 6) is -0.970. The molecule has 0 saturated heterocycles. The van der Waals surface area contributed by atoms with E-state index < -0.39 is 21.5 Å². The van der Waals surface area contributed by atoms with Crippen molar-refractivity contribution in [2.24, 2.45) is 0 Å². The third-order valence-corrected chi connectivity index (χ3v) is 3.79. The van der Waals surface area contributed by atoms with Crippen molar-refractivity contribution >= 4 is 21.4 Å². The minimum Gasteiger partial charge on any atom is -0.325 e. The van der Waals surface area contributed by atoms with Crippen LogP contribution in [-0.4, -0.2) is 25.8 Å². The molecule has 4 nitrogen and oxygen atoms in total. The molecule has 1 aromatic rings. The van der Waals surface area contributed by atoms with E-state index in [-0.39, 0.29) is 5.75 Å². The van der Waals surface area contributed by atoms with Gasteiger partial charge in [0.2, 0.25) is 5.91 Å². The van der Waals surface area contributed by atoms with Gasteiger partial charge in [0.05, 0.1) is 0 Å². The van der Waals surface area contributed by atoms with Gasteiger partial charge < -0.3 is 5.32 Å². The van der Waals surface area contributed by atoms with Crippen LogP contribution in [0.1, 0.15) is 12.5 Å². The number of carbonyl (C=O) groups is 1. The Kier molecular flexibility index (Phi) is 4.06. The fourth-order valence-corrected chi connectivity index (χ4v) is 1.88. The topological polar surface area (TPSA) is 63.2 Å². The maximum atomic E-state index is 11.4. The van der Waals surface area contributed by atoms with Gasteiger partial charge in [-0.05, 0) is 18.6 Å². The molecular weight excluding hydrogens is 226 g/mol. The lowest BCUT2D eigenvalue weighted by Gasteiger charge is -2.07. The van der Waals surface area contributed by atoms with Crippen molar-refractivity contribution in [1.82, 2.24) is 0 Å². The first-order chi connectivity index (χ1) is 7.44. The zero-order valence-electron chi connectivity index (χ0n) is 9.36. The van der Waals surface area contributed by atoms with Crippen molar-refractivity contribution in [2.45, 2.75) is 13.8 Å². The van der Waals surface area contributed by atoms with Gasteiger partial charge in [0.1, 0.15) is 5.75 Å². The molecule has 0 fully saturated rings. The number of sulfone groups is 1. The molecule has 0 spiro atoms. The number of anilines is 1. The predicted molar refractivity (Wildman–Crippen MR) is 64.1 cm³/mol. The van der Waals surface area contributed by atoms with E-state index in [0.717, 1.165) is 5.56 Å². The predicted octanol–water partition coefficient (Wildman–Crippen LogP) is 1.37. The molecule has 0 saturated carbocycles. The molecule has 5 heteroatoms. The smallest absolute Gasteiger partial charge is 0.239 e. The maximum Gasteiger partial charge on any atom is 0.239 e. The Morgan fingerprint density at radius 3 is 2.50 bits per heavy atom. The van der Waals surface area contributed by atoms with Crippen LogP contribution in [0.3, 0.4) is 0 Å². The molecule has 0 unspecified atom stereocenters. The van der Waals surface area contributed by atoms with Gasteiger partial charge >= 0.3 is 0 Å². The Bertz CT molecular complexity index is 480. The van der Waals surface area contributed by atoms with E-state index >= 15 is 0 Å². The van der Waals surface area contributed by atoms with Crippen molar-refractivity contribution in [3.8, 4) is 0 Å². The maximum absolute atomic E-state index is 11.4. The van der Waals surface area contributed by atoms with Gasteiger partial charge in [-0.25, -0.2) is 8.42 Å². The third kappa shape index (κ3) is 3.66. The highest BCUT2D eigenvalue weighted by molar-refractivity contribution is 7.92. The normalized spacial score (nSPS) is 11.1. The van der Waals surface area contributed by atoms with Crippen LogP contribution in [0.25, 0.3) is 0 Å². The second-order valence-corrected chi connectivity index (χ2v) is 5.89. The number of carbonyl (C=O) groups excluding carboxylic acids is 1. The summed E-state index contributed by atoms with van der Waals surface area (Å²) in [6.45, 7) is 3.38. The van der Waals surface area contributed by atoms with Crippen molar-refractivity contribution in [3.63, 3.8) is 0 Å². The molecule has 1 aromatic carbocycles. The van der Waals surface area contributed by atoms with Crippen LogP contribution in [0, 0.1) is 6.92 Å². The number of amides is 1. The van der Waals surface area contributed by atoms with Crippen LogP contribution >= 0.6 is 0 Å². The van der Waals surface area contributed by atoms with Gasteiger partial charge in [-0.3, -0.25) is 4.79 Å². The highest BCUT2D eigenvalue weighted by Gasteiger charge is 2.14. The Morgan fingerprint density at radius 2 is 1.94 bits per heavy atom. The molecule has 0 aromatic heterocycles. The average Bonchev–Trinajstić information content (AvgIpc) is 2.21. The van der Waals surface area contributed by atoms with Crippen LogP contribution in [0.5, 0.6) is 0 Å². The SMILES string of the molecule is CCS(=O)(=O)CC(=O)Nc1ccccc1C. The third-order valence-electron chi connectivity index (χ3n) is 2.21.